The molecule has 0 fully saturated rings. The number of nitriles is 1. The molecule has 0 aliphatic rings. The number of aromatic nitrogens is 1. The van der Waals surface area contributed by atoms with E-state index in [0.29, 0.717) is 5.75 Å². The van der Waals surface area contributed by atoms with Gasteiger partial charge in [-0.05, 0) is 36.8 Å². The van der Waals surface area contributed by atoms with Crippen LogP contribution in [0.5, 0.6) is 5.75 Å². The maximum absolute atomic E-state index is 8.46. The van der Waals surface area contributed by atoms with Gasteiger partial charge in [0.1, 0.15) is 11.8 Å². The van der Waals surface area contributed by atoms with Crippen molar-refractivity contribution < 1.29 is 4.74 Å². The Morgan fingerprint density at radius 1 is 1.25 bits per heavy atom. The Labute approximate surface area is 119 Å². The first-order valence-corrected chi connectivity index (χ1v) is 6.52. The lowest BCUT2D eigenvalue weighted by molar-refractivity contribution is 0.368. The summed E-state index contributed by atoms with van der Waals surface area (Å²) in [5, 5.41) is 11.9. The highest BCUT2D eigenvalue weighted by Gasteiger charge is 2.05. The average molecular weight is 267 g/mol. The Morgan fingerprint density at radius 2 is 2.05 bits per heavy atom. The largest absolute Gasteiger partial charge is 0.479 e. The van der Waals surface area contributed by atoms with E-state index in [2.05, 4.69) is 17.2 Å². The molecule has 0 saturated heterocycles. The van der Waals surface area contributed by atoms with Gasteiger partial charge in [0.15, 0.2) is 6.61 Å². The fourth-order valence-electron chi connectivity index (χ4n) is 1.85. The van der Waals surface area contributed by atoms with Crippen LogP contribution < -0.4 is 10.1 Å². The third kappa shape index (κ3) is 4.08. The van der Waals surface area contributed by atoms with Gasteiger partial charge in [0.25, 0.3) is 0 Å². The minimum Gasteiger partial charge on any atom is -0.479 e. The number of rotatable bonds is 6. The van der Waals surface area contributed by atoms with Gasteiger partial charge in [-0.1, -0.05) is 18.2 Å². The molecule has 0 bridgehead atoms. The molecule has 20 heavy (non-hydrogen) atoms. The van der Waals surface area contributed by atoms with E-state index in [-0.39, 0.29) is 12.6 Å². The molecule has 102 valence electrons. The highest BCUT2D eigenvalue weighted by molar-refractivity contribution is 5.29. The molecule has 1 unspecified atom stereocenters. The predicted molar refractivity (Wildman–Crippen MR) is 77.0 cm³/mol. The Balaban J connectivity index is 1.89. The summed E-state index contributed by atoms with van der Waals surface area (Å²) in [5.41, 5.74) is 2.19. The van der Waals surface area contributed by atoms with Gasteiger partial charge in [-0.25, -0.2) is 0 Å². The van der Waals surface area contributed by atoms with Gasteiger partial charge in [0.2, 0.25) is 0 Å². The van der Waals surface area contributed by atoms with Crippen molar-refractivity contribution in [2.45, 2.75) is 19.5 Å². The van der Waals surface area contributed by atoms with Gasteiger partial charge in [-0.15, -0.1) is 0 Å². The highest BCUT2D eigenvalue weighted by Crippen LogP contribution is 2.17. The first-order chi connectivity index (χ1) is 9.79. The summed E-state index contributed by atoms with van der Waals surface area (Å²) >= 11 is 0. The van der Waals surface area contributed by atoms with E-state index in [1.165, 1.54) is 5.56 Å². The van der Waals surface area contributed by atoms with Gasteiger partial charge in [-0.2, -0.15) is 5.26 Å². The Kier molecular flexibility index (Phi) is 5.10. The van der Waals surface area contributed by atoms with Gasteiger partial charge >= 0.3 is 0 Å². The minimum absolute atomic E-state index is 0.0762. The quantitative estimate of drug-likeness (QED) is 0.874. The van der Waals surface area contributed by atoms with E-state index in [4.69, 9.17) is 10.00 Å². The van der Waals surface area contributed by atoms with Crippen LogP contribution in [-0.4, -0.2) is 11.6 Å². The molecule has 0 spiro atoms. The summed E-state index contributed by atoms with van der Waals surface area (Å²) in [6.45, 7) is 2.91. The van der Waals surface area contributed by atoms with Crippen LogP contribution >= 0.6 is 0 Å². The number of benzene rings is 1. The van der Waals surface area contributed by atoms with Crippen molar-refractivity contribution >= 4 is 0 Å². The minimum atomic E-state index is 0.0762. The summed E-state index contributed by atoms with van der Waals surface area (Å²) in [4.78, 5) is 4.28. The smallest absolute Gasteiger partial charge is 0.174 e. The van der Waals surface area contributed by atoms with Crippen LogP contribution in [0.3, 0.4) is 0 Å². The topological polar surface area (TPSA) is 57.9 Å². The number of hydrogen-bond acceptors (Lipinski definition) is 4. The van der Waals surface area contributed by atoms with Crippen molar-refractivity contribution in [2.24, 2.45) is 0 Å². The second-order valence-electron chi connectivity index (χ2n) is 4.44. The molecule has 1 N–H and O–H groups in total. The van der Waals surface area contributed by atoms with Crippen molar-refractivity contribution in [3.63, 3.8) is 0 Å². The molecule has 1 atom stereocenters. The molecule has 1 aromatic carbocycles. The normalized spacial score (nSPS) is 11.6. The molecule has 0 aliphatic heterocycles. The lowest BCUT2D eigenvalue weighted by Gasteiger charge is -2.14. The van der Waals surface area contributed by atoms with Crippen LogP contribution in [0.1, 0.15) is 24.2 Å². The van der Waals surface area contributed by atoms with Crippen LogP contribution in [0.4, 0.5) is 0 Å². The van der Waals surface area contributed by atoms with E-state index in [0.717, 1.165) is 12.2 Å². The number of nitrogens with one attached hydrogen (secondary N) is 1. The van der Waals surface area contributed by atoms with E-state index in [1.807, 2.05) is 48.5 Å². The second-order valence-corrected chi connectivity index (χ2v) is 4.44. The van der Waals surface area contributed by atoms with E-state index in [9.17, 15) is 0 Å². The zero-order chi connectivity index (χ0) is 14.2. The summed E-state index contributed by atoms with van der Waals surface area (Å²) < 4.78 is 5.23. The third-order valence-corrected chi connectivity index (χ3v) is 3.00. The molecule has 2 rings (SSSR count). The van der Waals surface area contributed by atoms with E-state index < -0.39 is 0 Å². The molecule has 0 radical (unpaired) electrons. The van der Waals surface area contributed by atoms with Gasteiger partial charge in [0.05, 0.1) is 5.69 Å². The average Bonchev–Trinajstić information content (AvgIpc) is 2.52. The fraction of sp³-hybridized carbons (Fsp3) is 0.250. The zero-order valence-corrected chi connectivity index (χ0v) is 11.4. The van der Waals surface area contributed by atoms with Crippen molar-refractivity contribution in [1.82, 2.24) is 10.3 Å². The first kappa shape index (κ1) is 14.0. The summed E-state index contributed by atoms with van der Waals surface area (Å²) in [6, 6.07) is 15.8. The molecule has 0 saturated carbocycles. The van der Waals surface area contributed by atoms with Crippen molar-refractivity contribution in [2.75, 3.05) is 6.61 Å². The predicted octanol–water partition coefficient (Wildman–Crippen LogP) is 2.83. The number of ether oxygens (including phenoxy) is 1. The molecule has 2 aromatic rings. The maximum Gasteiger partial charge on any atom is 0.174 e. The SMILES string of the molecule is CC(NCc1ccccn1)c1ccc(OCC#N)cc1. The van der Waals surface area contributed by atoms with Crippen molar-refractivity contribution in [3.8, 4) is 11.8 Å². The number of pyridine rings is 1. The lowest BCUT2D eigenvalue weighted by atomic mass is 10.1. The standard InChI is InChI=1S/C16H17N3O/c1-13(19-12-15-4-2-3-10-18-15)14-5-7-16(8-6-14)20-11-9-17/h2-8,10,13,19H,11-12H2,1H3. The van der Waals surface area contributed by atoms with Gasteiger partial charge < -0.3 is 10.1 Å². The molecular weight excluding hydrogens is 250 g/mol. The summed E-state index contributed by atoms with van der Waals surface area (Å²) in [6.07, 6.45) is 1.79. The molecule has 4 nitrogen and oxygen atoms in total. The molecule has 0 aliphatic carbocycles. The molecule has 4 heteroatoms. The molecular formula is C16H17N3O. The van der Waals surface area contributed by atoms with Crippen LogP contribution in [0.15, 0.2) is 48.7 Å². The molecule has 1 heterocycles. The fourth-order valence-corrected chi connectivity index (χ4v) is 1.85. The highest BCUT2D eigenvalue weighted by atomic mass is 16.5. The number of hydrogen-bond donors (Lipinski definition) is 1. The third-order valence-electron chi connectivity index (χ3n) is 3.00. The second kappa shape index (κ2) is 7.27. The van der Waals surface area contributed by atoms with Crippen molar-refractivity contribution in [3.05, 3.63) is 59.9 Å². The lowest BCUT2D eigenvalue weighted by Crippen LogP contribution is -2.18. The van der Waals surface area contributed by atoms with Crippen LogP contribution in [-0.2, 0) is 6.54 Å². The summed E-state index contributed by atoms with van der Waals surface area (Å²) in [7, 11) is 0. The Morgan fingerprint density at radius 3 is 2.70 bits per heavy atom. The molecule has 0 amide bonds. The maximum atomic E-state index is 8.46. The van der Waals surface area contributed by atoms with E-state index in [1.54, 1.807) is 6.20 Å². The van der Waals surface area contributed by atoms with Crippen LogP contribution in [0.25, 0.3) is 0 Å². The monoisotopic (exact) mass is 267 g/mol. The van der Waals surface area contributed by atoms with E-state index >= 15 is 0 Å². The number of nitrogens with zero attached hydrogens (tertiary/aromatic N) is 2. The van der Waals surface area contributed by atoms with Crippen LogP contribution in [0, 0.1) is 11.3 Å². The van der Waals surface area contributed by atoms with Gasteiger partial charge in [-0.3, -0.25) is 4.98 Å². The van der Waals surface area contributed by atoms with Crippen LogP contribution in [0.2, 0.25) is 0 Å². The Hall–Kier alpha value is -2.38. The van der Waals surface area contributed by atoms with Gasteiger partial charge in [0, 0.05) is 18.8 Å². The zero-order valence-electron chi connectivity index (χ0n) is 11.4. The van der Waals surface area contributed by atoms with Crippen molar-refractivity contribution in [1.29, 1.82) is 5.26 Å². The summed E-state index contributed by atoms with van der Waals surface area (Å²) in [5.74, 6) is 0.715. The first-order valence-electron chi connectivity index (χ1n) is 6.52. The Bertz CT molecular complexity index is 561. The molecule has 1 aromatic heterocycles.